The average Bonchev–Trinajstić information content (AvgIpc) is 3.15. The predicted molar refractivity (Wildman–Crippen MR) is 200 cm³/mol. The summed E-state index contributed by atoms with van der Waals surface area (Å²) >= 11 is 0. The van der Waals surface area contributed by atoms with Gasteiger partial charge < -0.3 is 34.4 Å². The van der Waals surface area contributed by atoms with Crippen molar-refractivity contribution in [2.75, 3.05) is 33.5 Å². The van der Waals surface area contributed by atoms with Crippen LogP contribution < -0.4 is 4.74 Å². The van der Waals surface area contributed by atoms with Gasteiger partial charge in [-0.05, 0) is 84.6 Å². The number of nitrogens with zero attached hydrogens (tertiary/aromatic N) is 2. The van der Waals surface area contributed by atoms with Gasteiger partial charge in [-0.25, -0.2) is 4.79 Å². The first kappa shape index (κ1) is 37.4. The molecule has 3 aromatic carbocycles. The van der Waals surface area contributed by atoms with Gasteiger partial charge in [0, 0.05) is 31.1 Å². The van der Waals surface area contributed by atoms with Crippen LogP contribution in [0.15, 0.2) is 90.1 Å². The fourth-order valence-electron chi connectivity index (χ4n) is 8.89. The Balaban J connectivity index is 1.59. The summed E-state index contributed by atoms with van der Waals surface area (Å²) in [5.74, 6) is -1.22. The van der Waals surface area contributed by atoms with Crippen LogP contribution in [0, 0.1) is 17.8 Å². The molecule has 1 aliphatic heterocycles. The standard InChI is InChI=1S/C42H52N2O8/c1-4-23-51-42-38(44(41(48)50-5-2)27-30-16-12-15-28-13-6-7-17-32(28)30)26-36(43-49-3)34-24-29(14-8-10-21-45)33(18-9-11-22-46)39(40(34)42)35-25-31(47)19-20-37(35)52-42/h4,6-7,12-13,15-17,19-20,24-25,29,33,38-40,45-47H,1,5,8-11,14,18,21-23,26-27H2,2-3H3. The molecule has 6 unspecified atom stereocenters. The van der Waals surface area contributed by atoms with Crippen LogP contribution in [0.25, 0.3) is 10.8 Å². The molecule has 10 nitrogen and oxygen atoms in total. The largest absolute Gasteiger partial charge is 0.508 e. The van der Waals surface area contributed by atoms with Crippen molar-refractivity contribution in [2.24, 2.45) is 22.9 Å². The van der Waals surface area contributed by atoms with Gasteiger partial charge in [-0.15, -0.1) is 6.58 Å². The highest BCUT2D eigenvalue weighted by Gasteiger charge is 2.65. The zero-order valence-corrected chi connectivity index (χ0v) is 30.3. The van der Waals surface area contributed by atoms with Crippen molar-refractivity contribution in [3.05, 3.63) is 96.1 Å². The Kier molecular flexibility index (Phi) is 12.2. The molecule has 1 fully saturated rings. The first-order valence-corrected chi connectivity index (χ1v) is 18.6. The van der Waals surface area contributed by atoms with Crippen LogP contribution in [0.5, 0.6) is 11.5 Å². The lowest BCUT2D eigenvalue weighted by Crippen LogP contribution is -2.70. The molecule has 6 rings (SSSR count). The number of phenolic OH excluding ortho intramolecular Hbond substituents is 1. The zero-order valence-electron chi connectivity index (χ0n) is 30.3. The molecule has 3 aliphatic rings. The van der Waals surface area contributed by atoms with Crippen LogP contribution in [-0.2, 0) is 20.9 Å². The maximum Gasteiger partial charge on any atom is 0.410 e. The molecule has 3 N–H and O–H groups in total. The van der Waals surface area contributed by atoms with Gasteiger partial charge in [0.15, 0.2) is 0 Å². The summed E-state index contributed by atoms with van der Waals surface area (Å²) in [6.07, 6.45) is 8.38. The lowest BCUT2D eigenvalue weighted by atomic mass is 9.55. The Morgan fingerprint density at radius 3 is 2.58 bits per heavy atom. The summed E-state index contributed by atoms with van der Waals surface area (Å²) < 4.78 is 19.9. The van der Waals surface area contributed by atoms with E-state index in [2.05, 4.69) is 36.0 Å². The topological polar surface area (TPSA) is 130 Å². The molecule has 1 amide bonds. The van der Waals surface area contributed by atoms with Crippen molar-refractivity contribution in [2.45, 2.75) is 76.2 Å². The number of fused-ring (bicyclic) bond motifs is 3. The van der Waals surface area contributed by atoms with Crippen molar-refractivity contribution in [3.63, 3.8) is 0 Å². The van der Waals surface area contributed by atoms with E-state index in [1.807, 2.05) is 24.3 Å². The molecule has 1 heterocycles. The third-order valence-corrected chi connectivity index (χ3v) is 11.0. The number of hydrogen-bond donors (Lipinski definition) is 3. The summed E-state index contributed by atoms with van der Waals surface area (Å²) in [4.78, 5) is 21.6. The summed E-state index contributed by atoms with van der Waals surface area (Å²) in [7, 11) is 1.53. The molecule has 278 valence electrons. The van der Waals surface area contributed by atoms with Gasteiger partial charge in [0.2, 0.25) is 5.79 Å². The predicted octanol–water partition coefficient (Wildman–Crippen LogP) is 7.47. The molecular weight excluding hydrogens is 660 g/mol. The minimum atomic E-state index is -1.41. The monoisotopic (exact) mass is 712 g/mol. The number of rotatable bonds is 16. The number of hydrogen-bond acceptors (Lipinski definition) is 9. The number of carbonyl (C=O) groups is 1. The van der Waals surface area contributed by atoms with Gasteiger partial charge >= 0.3 is 6.09 Å². The van der Waals surface area contributed by atoms with E-state index in [0.717, 1.165) is 53.2 Å². The second kappa shape index (κ2) is 17.0. The van der Waals surface area contributed by atoms with Gasteiger partial charge in [-0.2, -0.15) is 0 Å². The number of aliphatic hydroxyl groups is 2. The summed E-state index contributed by atoms with van der Waals surface area (Å²) in [5, 5.41) is 37.1. The van der Waals surface area contributed by atoms with Crippen molar-refractivity contribution in [1.82, 2.24) is 4.90 Å². The molecule has 0 aromatic heterocycles. The second-order valence-corrected chi connectivity index (χ2v) is 13.9. The minimum Gasteiger partial charge on any atom is -0.508 e. The van der Waals surface area contributed by atoms with E-state index in [9.17, 15) is 20.1 Å². The van der Waals surface area contributed by atoms with Gasteiger partial charge in [-0.1, -0.05) is 72.6 Å². The van der Waals surface area contributed by atoms with E-state index in [4.69, 9.17) is 19.0 Å². The lowest BCUT2D eigenvalue weighted by molar-refractivity contribution is -0.256. The number of aliphatic hydroxyl groups excluding tert-OH is 2. The quantitative estimate of drug-likeness (QED) is 0.0793. The van der Waals surface area contributed by atoms with Crippen LogP contribution in [0.4, 0.5) is 4.79 Å². The van der Waals surface area contributed by atoms with E-state index in [1.54, 1.807) is 36.1 Å². The average molecular weight is 713 g/mol. The smallest absolute Gasteiger partial charge is 0.410 e. The zero-order chi connectivity index (χ0) is 36.7. The Morgan fingerprint density at radius 2 is 1.83 bits per heavy atom. The summed E-state index contributed by atoms with van der Waals surface area (Å²) in [5.41, 5.74) is 3.44. The first-order chi connectivity index (χ1) is 25.4. The number of aromatic hydroxyl groups is 1. The van der Waals surface area contributed by atoms with Crippen molar-refractivity contribution in [3.8, 4) is 11.5 Å². The van der Waals surface area contributed by atoms with E-state index >= 15 is 0 Å². The first-order valence-electron chi connectivity index (χ1n) is 18.6. The molecule has 0 radical (unpaired) electrons. The summed E-state index contributed by atoms with van der Waals surface area (Å²) in [6.45, 7) is 6.54. The number of carbonyl (C=O) groups excluding carboxylic acids is 1. The molecule has 52 heavy (non-hydrogen) atoms. The van der Waals surface area contributed by atoms with E-state index < -0.39 is 23.8 Å². The highest BCUT2D eigenvalue weighted by molar-refractivity contribution is 6.03. The van der Waals surface area contributed by atoms with E-state index in [1.165, 1.54) is 7.11 Å². The van der Waals surface area contributed by atoms with Gasteiger partial charge in [0.05, 0.1) is 31.4 Å². The van der Waals surface area contributed by atoms with Gasteiger partial charge in [-0.3, -0.25) is 4.90 Å². The molecule has 1 saturated carbocycles. The van der Waals surface area contributed by atoms with E-state index in [0.29, 0.717) is 24.3 Å². The number of allylic oxidation sites excluding steroid dienone is 1. The maximum absolute atomic E-state index is 14.3. The molecule has 0 bridgehead atoms. The third kappa shape index (κ3) is 7.29. The van der Waals surface area contributed by atoms with Crippen LogP contribution in [0.1, 0.15) is 68.9 Å². The Hall–Kier alpha value is -4.38. The minimum absolute atomic E-state index is 0.0619. The van der Waals surface area contributed by atoms with Gasteiger partial charge in [0.25, 0.3) is 0 Å². The number of benzene rings is 3. The Bertz CT molecular complexity index is 1770. The van der Waals surface area contributed by atoms with Crippen molar-refractivity contribution in [1.29, 1.82) is 0 Å². The number of ether oxygens (including phenoxy) is 3. The van der Waals surface area contributed by atoms with Gasteiger partial charge in [0.1, 0.15) is 24.7 Å². The maximum atomic E-state index is 14.3. The molecular formula is C42H52N2O8. The highest BCUT2D eigenvalue weighted by atomic mass is 16.7. The number of unbranched alkanes of at least 4 members (excludes halogenated alkanes) is 2. The molecule has 0 saturated heterocycles. The second-order valence-electron chi connectivity index (χ2n) is 13.9. The molecule has 6 atom stereocenters. The lowest BCUT2D eigenvalue weighted by Gasteiger charge is -2.59. The van der Waals surface area contributed by atoms with Crippen LogP contribution in [-0.4, -0.2) is 77.4 Å². The summed E-state index contributed by atoms with van der Waals surface area (Å²) in [6, 6.07) is 18.7. The molecule has 2 aliphatic carbocycles. The fourth-order valence-corrected chi connectivity index (χ4v) is 8.89. The third-order valence-electron chi connectivity index (χ3n) is 11.0. The molecule has 10 heteroatoms. The SMILES string of the molecule is C=CCOC12Oc3ccc(O)cc3C3C(CCCCO)C(CCCCO)C=C(C(=NOC)CC1N(Cc1cccc4ccccc14)C(=O)OCC)C32. The Labute approximate surface area is 306 Å². The number of amides is 1. The highest BCUT2D eigenvalue weighted by Crippen LogP contribution is 2.62. The van der Waals surface area contributed by atoms with Crippen LogP contribution in [0.2, 0.25) is 0 Å². The normalized spacial score (nSPS) is 25.4. The van der Waals surface area contributed by atoms with Crippen LogP contribution >= 0.6 is 0 Å². The number of oxime groups is 1. The molecule has 3 aromatic rings. The number of phenols is 1. The molecule has 0 spiro atoms. The van der Waals surface area contributed by atoms with Crippen LogP contribution in [0.3, 0.4) is 0 Å². The van der Waals surface area contributed by atoms with Crippen molar-refractivity contribution < 1.29 is 39.2 Å². The van der Waals surface area contributed by atoms with Crippen molar-refractivity contribution >= 4 is 22.6 Å². The van der Waals surface area contributed by atoms with E-state index in [-0.39, 0.29) is 62.9 Å². The Morgan fingerprint density at radius 1 is 1.06 bits per heavy atom. The fraction of sp³-hybridized carbons (Fsp3) is 0.476.